The van der Waals surface area contributed by atoms with Crippen molar-refractivity contribution in [2.75, 3.05) is 44.2 Å². The first-order valence-electron chi connectivity index (χ1n) is 9.86. The third kappa shape index (κ3) is 3.55. The number of rotatable bonds is 5. The standard InChI is InChI=1S/C21H21FN6OS/c22-16-3-1-15(2-4-16)18-19(28-12-14-30-21(28)25-18)17-5-6-23-20(24-17)27-9-7-26(8-10-27)11-13-29/h1-6,12,14,29H,7-11,13H2. The first kappa shape index (κ1) is 19.1. The number of anilines is 1. The largest absolute Gasteiger partial charge is 0.395 e. The van der Waals surface area contributed by atoms with Gasteiger partial charge in [-0.05, 0) is 30.3 Å². The molecule has 0 amide bonds. The Morgan fingerprint density at radius 3 is 2.60 bits per heavy atom. The SMILES string of the molecule is OCCN1CCN(c2nccc(-c3c(-c4ccc(F)cc4)nc4sccn34)n2)CC1. The molecule has 4 aromatic rings. The highest BCUT2D eigenvalue weighted by Gasteiger charge is 2.22. The second-order valence-corrected chi connectivity index (χ2v) is 8.04. The molecule has 154 valence electrons. The summed E-state index contributed by atoms with van der Waals surface area (Å²) in [5.41, 5.74) is 3.28. The average Bonchev–Trinajstić information content (AvgIpc) is 3.36. The number of halogens is 1. The molecule has 0 radical (unpaired) electrons. The van der Waals surface area contributed by atoms with Crippen molar-refractivity contribution in [1.82, 2.24) is 24.3 Å². The van der Waals surface area contributed by atoms with Crippen LogP contribution >= 0.6 is 11.3 Å². The van der Waals surface area contributed by atoms with Crippen molar-refractivity contribution >= 4 is 22.2 Å². The fourth-order valence-corrected chi connectivity index (χ4v) is 4.50. The van der Waals surface area contributed by atoms with E-state index in [1.165, 1.54) is 12.1 Å². The fraction of sp³-hybridized carbons (Fsp3) is 0.286. The number of aliphatic hydroxyl groups is 1. The summed E-state index contributed by atoms with van der Waals surface area (Å²) in [7, 11) is 0. The summed E-state index contributed by atoms with van der Waals surface area (Å²) in [6.07, 6.45) is 3.75. The molecule has 5 rings (SSSR count). The van der Waals surface area contributed by atoms with Crippen LogP contribution in [0, 0.1) is 5.82 Å². The van der Waals surface area contributed by atoms with Crippen molar-refractivity contribution in [2.24, 2.45) is 0 Å². The maximum Gasteiger partial charge on any atom is 0.225 e. The number of thiazole rings is 1. The number of imidazole rings is 1. The van der Waals surface area contributed by atoms with Crippen LogP contribution in [0.3, 0.4) is 0 Å². The van der Waals surface area contributed by atoms with Gasteiger partial charge in [-0.3, -0.25) is 9.30 Å². The van der Waals surface area contributed by atoms with E-state index in [-0.39, 0.29) is 12.4 Å². The van der Waals surface area contributed by atoms with E-state index in [1.54, 1.807) is 29.7 Å². The maximum absolute atomic E-state index is 13.4. The van der Waals surface area contributed by atoms with E-state index in [4.69, 9.17) is 15.1 Å². The Bertz CT molecular complexity index is 1150. The molecule has 7 nitrogen and oxygen atoms in total. The zero-order valence-electron chi connectivity index (χ0n) is 16.3. The van der Waals surface area contributed by atoms with Crippen LogP contribution in [-0.2, 0) is 0 Å². The molecule has 1 saturated heterocycles. The first-order chi connectivity index (χ1) is 14.7. The highest BCUT2D eigenvalue weighted by Crippen LogP contribution is 2.34. The average molecular weight is 425 g/mol. The van der Waals surface area contributed by atoms with Crippen LogP contribution in [-0.4, -0.2) is 68.7 Å². The minimum Gasteiger partial charge on any atom is -0.395 e. The quantitative estimate of drug-likeness (QED) is 0.531. The van der Waals surface area contributed by atoms with Gasteiger partial charge in [-0.25, -0.2) is 19.3 Å². The number of hydrogen-bond acceptors (Lipinski definition) is 7. The minimum absolute atomic E-state index is 0.177. The molecule has 1 aromatic carbocycles. The van der Waals surface area contributed by atoms with Gasteiger partial charge in [0.15, 0.2) is 4.96 Å². The number of hydrogen-bond donors (Lipinski definition) is 1. The molecule has 30 heavy (non-hydrogen) atoms. The molecule has 3 aromatic heterocycles. The van der Waals surface area contributed by atoms with Crippen LogP contribution in [0.2, 0.25) is 0 Å². The van der Waals surface area contributed by atoms with Gasteiger partial charge >= 0.3 is 0 Å². The van der Waals surface area contributed by atoms with Crippen molar-refractivity contribution in [1.29, 1.82) is 0 Å². The third-order valence-corrected chi connectivity index (χ3v) is 6.09. The van der Waals surface area contributed by atoms with Crippen LogP contribution in [0.15, 0.2) is 48.1 Å². The Labute approximate surface area is 177 Å². The van der Waals surface area contributed by atoms with E-state index >= 15 is 0 Å². The van der Waals surface area contributed by atoms with Crippen molar-refractivity contribution in [2.45, 2.75) is 0 Å². The minimum atomic E-state index is -0.272. The number of piperazine rings is 1. The summed E-state index contributed by atoms with van der Waals surface area (Å²) in [5.74, 6) is 0.414. The first-order valence-corrected chi connectivity index (χ1v) is 10.7. The maximum atomic E-state index is 13.4. The second-order valence-electron chi connectivity index (χ2n) is 7.17. The molecule has 1 fully saturated rings. The van der Waals surface area contributed by atoms with Gasteiger partial charge in [-0.2, -0.15) is 0 Å². The molecule has 0 spiro atoms. The molecule has 0 saturated carbocycles. The summed E-state index contributed by atoms with van der Waals surface area (Å²) in [4.78, 5) is 19.4. The highest BCUT2D eigenvalue weighted by atomic mass is 32.1. The number of nitrogens with zero attached hydrogens (tertiary/aromatic N) is 6. The smallest absolute Gasteiger partial charge is 0.225 e. The molecule has 0 bridgehead atoms. The van der Waals surface area contributed by atoms with Gasteiger partial charge in [0, 0.05) is 56.1 Å². The topological polar surface area (TPSA) is 69.8 Å². The van der Waals surface area contributed by atoms with Gasteiger partial charge in [0.2, 0.25) is 5.95 Å². The van der Waals surface area contributed by atoms with E-state index < -0.39 is 0 Å². The van der Waals surface area contributed by atoms with Gasteiger partial charge in [0.1, 0.15) is 11.5 Å². The Hall–Kier alpha value is -2.88. The van der Waals surface area contributed by atoms with E-state index in [9.17, 15) is 4.39 Å². The summed E-state index contributed by atoms with van der Waals surface area (Å²) >= 11 is 1.55. The number of β-amino-alcohol motifs (C(OH)–C–C–N with tert-alkyl or cyclic N) is 1. The molecule has 9 heteroatoms. The molecule has 1 N–H and O–H groups in total. The molecule has 1 aliphatic rings. The van der Waals surface area contributed by atoms with Crippen LogP contribution in [0.25, 0.3) is 27.6 Å². The van der Waals surface area contributed by atoms with Crippen LogP contribution in [0.5, 0.6) is 0 Å². The Morgan fingerprint density at radius 2 is 1.83 bits per heavy atom. The Kier molecular flexibility index (Phi) is 5.16. The van der Waals surface area contributed by atoms with E-state index in [2.05, 4.69) is 14.8 Å². The zero-order chi connectivity index (χ0) is 20.5. The predicted molar refractivity (Wildman–Crippen MR) is 115 cm³/mol. The lowest BCUT2D eigenvalue weighted by Gasteiger charge is -2.34. The van der Waals surface area contributed by atoms with Crippen LogP contribution in [0.1, 0.15) is 0 Å². The fourth-order valence-electron chi connectivity index (χ4n) is 3.79. The van der Waals surface area contributed by atoms with Gasteiger partial charge in [-0.1, -0.05) is 0 Å². The van der Waals surface area contributed by atoms with Crippen LogP contribution < -0.4 is 4.90 Å². The van der Waals surface area contributed by atoms with Crippen molar-refractivity contribution in [3.63, 3.8) is 0 Å². The summed E-state index contributed by atoms with van der Waals surface area (Å²) in [6.45, 7) is 4.24. The summed E-state index contributed by atoms with van der Waals surface area (Å²) < 4.78 is 15.5. The Morgan fingerprint density at radius 1 is 1.03 bits per heavy atom. The molecule has 1 aliphatic heterocycles. The molecular formula is C21H21FN6OS. The van der Waals surface area contributed by atoms with E-state index in [1.807, 2.05) is 22.0 Å². The van der Waals surface area contributed by atoms with Gasteiger partial charge < -0.3 is 10.0 Å². The third-order valence-electron chi connectivity index (χ3n) is 5.34. The highest BCUT2D eigenvalue weighted by molar-refractivity contribution is 7.15. The van der Waals surface area contributed by atoms with E-state index in [0.717, 1.165) is 53.8 Å². The zero-order valence-corrected chi connectivity index (χ0v) is 17.1. The van der Waals surface area contributed by atoms with E-state index in [0.29, 0.717) is 12.5 Å². The summed E-state index contributed by atoms with van der Waals surface area (Å²) in [5, 5.41) is 11.1. The number of aliphatic hydroxyl groups excluding tert-OH is 1. The van der Waals surface area contributed by atoms with Gasteiger partial charge in [0.25, 0.3) is 0 Å². The summed E-state index contributed by atoms with van der Waals surface area (Å²) in [6, 6.07) is 8.27. The lowest BCUT2D eigenvalue weighted by Crippen LogP contribution is -2.47. The number of benzene rings is 1. The Balaban J connectivity index is 1.52. The second kappa shape index (κ2) is 8.10. The molecule has 4 heterocycles. The van der Waals surface area contributed by atoms with Crippen molar-refractivity contribution < 1.29 is 9.50 Å². The molecule has 0 aliphatic carbocycles. The lowest BCUT2D eigenvalue weighted by molar-refractivity contribution is 0.188. The number of fused-ring (bicyclic) bond motifs is 1. The molecular weight excluding hydrogens is 403 g/mol. The lowest BCUT2D eigenvalue weighted by atomic mass is 10.1. The van der Waals surface area contributed by atoms with Crippen LogP contribution in [0.4, 0.5) is 10.3 Å². The molecule has 0 atom stereocenters. The predicted octanol–water partition coefficient (Wildman–Crippen LogP) is 2.77. The van der Waals surface area contributed by atoms with Gasteiger partial charge in [-0.15, -0.1) is 11.3 Å². The van der Waals surface area contributed by atoms with Crippen molar-refractivity contribution in [3.05, 3.63) is 53.9 Å². The molecule has 0 unspecified atom stereocenters. The van der Waals surface area contributed by atoms with Gasteiger partial charge in [0.05, 0.1) is 18.0 Å². The number of aromatic nitrogens is 4. The van der Waals surface area contributed by atoms with Crippen molar-refractivity contribution in [3.8, 4) is 22.6 Å². The monoisotopic (exact) mass is 424 g/mol. The normalized spacial score (nSPS) is 15.2.